The minimum atomic E-state index is -0.446. The summed E-state index contributed by atoms with van der Waals surface area (Å²) in [5.74, 6) is 0.295. The molecule has 1 aromatic carbocycles. The first-order chi connectivity index (χ1) is 8.40. The monoisotopic (exact) mass is 321 g/mol. The normalized spacial score (nSPS) is 11.1. The molecule has 0 heterocycles. The summed E-state index contributed by atoms with van der Waals surface area (Å²) >= 11 is 0. The predicted octanol–water partition coefficient (Wildman–Crippen LogP) is 2.91. The first-order valence-corrected chi connectivity index (χ1v) is 6.24. The van der Waals surface area contributed by atoms with E-state index in [0.29, 0.717) is 12.3 Å². The van der Waals surface area contributed by atoms with Gasteiger partial charge in [0.2, 0.25) is 5.91 Å². The Balaban J connectivity index is 0. The van der Waals surface area contributed by atoms with E-state index in [9.17, 15) is 4.79 Å². The van der Waals surface area contributed by atoms with Crippen molar-refractivity contribution in [2.45, 2.75) is 26.3 Å². The number of carbonyl (C=O) groups excluding carboxylic acids is 1. The van der Waals surface area contributed by atoms with Crippen LogP contribution in [0.25, 0.3) is 0 Å². The lowest BCUT2D eigenvalue weighted by Gasteiger charge is -2.15. The molecule has 0 radical (unpaired) electrons. The molecular formula is C14H25Cl2N3O. The molecule has 20 heavy (non-hydrogen) atoms. The van der Waals surface area contributed by atoms with Gasteiger partial charge >= 0.3 is 0 Å². The SMILES string of the molecule is CC(C)C[C@H](N)C(=O)Nc1ccc(N(C)C)cc1.Cl.Cl. The largest absolute Gasteiger partial charge is 0.378 e. The van der Waals surface area contributed by atoms with Crippen molar-refractivity contribution in [3.05, 3.63) is 24.3 Å². The van der Waals surface area contributed by atoms with E-state index < -0.39 is 6.04 Å². The van der Waals surface area contributed by atoms with E-state index in [4.69, 9.17) is 5.73 Å². The van der Waals surface area contributed by atoms with Crippen LogP contribution in [0.5, 0.6) is 0 Å². The molecule has 0 bridgehead atoms. The first kappa shape index (κ1) is 21.3. The zero-order valence-electron chi connectivity index (χ0n) is 12.4. The zero-order chi connectivity index (χ0) is 13.7. The number of anilines is 2. The van der Waals surface area contributed by atoms with Crippen molar-refractivity contribution >= 4 is 42.1 Å². The fraction of sp³-hybridized carbons (Fsp3) is 0.500. The van der Waals surface area contributed by atoms with Gasteiger partial charge in [-0.15, -0.1) is 24.8 Å². The summed E-state index contributed by atoms with van der Waals surface area (Å²) in [6, 6.07) is 7.25. The lowest BCUT2D eigenvalue weighted by Crippen LogP contribution is -2.36. The standard InChI is InChI=1S/C14H23N3O.2ClH/c1-10(2)9-13(15)14(18)16-11-5-7-12(8-6-11)17(3)4;;/h5-8,10,13H,9,15H2,1-4H3,(H,16,18);2*1H/t13-;;/m0../s1. The number of rotatable bonds is 5. The second-order valence-electron chi connectivity index (χ2n) is 5.17. The van der Waals surface area contributed by atoms with Crippen LogP contribution >= 0.6 is 24.8 Å². The Hall–Kier alpha value is -0.970. The van der Waals surface area contributed by atoms with Crippen LogP contribution in [0.1, 0.15) is 20.3 Å². The quantitative estimate of drug-likeness (QED) is 0.876. The molecule has 6 heteroatoms. The van der Waals surface area contributed by atoms with E-state index >= 15 is 0 Å². The summed E-state index contributed by atoms with van der Waals surface area (Å²) in [6.07, 6.45) is 0.696. The first-order valence-electron chi connectivity index (χ1n) is 6.24. The van der Waals surface area contributed by atoms with E-state index in [1.807, 2.05) is 43.3 Å². The number of nitrogens with two attached hydrogens (primary N) is 1. The second kappa shape index (κ2) is 9.86. The van der Waals surface area contributed by atoms with Crippen LogP contribution in [0.2, 0.25) is 0 Å². The molecule has 1 rings (SSSR count). The van der Waals surface area contributed by atoms with E-state index in [0.717, 1.165) is 11.4 Å². The maximum atomic E-state index is 11.8. The number of benzene rings is 1. The van der Waals surface area contributed by atoms with Gasteiger partial charge in [0.25, 0.3) is 0 Å². The topological polar surface area (TPSA) is 58.4 Å². The molecule has 1 aromatic rings. The number of hydrogen-bond donors (Lipinski definition) is 2. The molecular weight excluding hydrogens is 297 g/mol. The fourth-order valence-corrected chi connectivity index (χ4v) is 1.69. The van der Waals surface area contributed by atoms with Crippen LogP contribution in [-0.2, 0) is 4.79 Å². The van der Waals surface area contributed by atoms with Crippen molar-refractivity contribution < 1.29 is 4.79 Å². The highest BCUT2D eigenvalue weighted by molar-refractivity contribution is 5.94. The van der Waals surface area contributed by atoms with Crippen LogP contribution < -0.4 is 16.0 Å². The van der Waals surface area contributed by atoms with Crippen LogP contribution in [0.3, 0.4) is 0 Å². The van der Waals surface area contributed by atoms with Crippen molar-refractivity contribution in [2.24, 2.45) is 11.7 Å². The highest BCUT2D eigenvalue weighted by atomic mass is 35.5. The van der Waals surface area contributed by atoms with Gasteiger partial charge in [-0.3, -0.25) is 4.79 Å². The Morgan fingerprint density at radius 3 is 2.10 bits per heavy atom. The van der Waals surface area contributed by atoms with Gasteiger partial charge in [0.15, 0.2) is 0 Å². The Labute approximate surface area is 133 Å². The molecule has 116 valence electrons. The summed E-state index contributed by atoms with van der Waals surface area (Å²) in [5, 5.41) is 2.83. The third-order valence-corrected chi connectivity index (χ3v) is 2.71. The molecule has 0 aromatic heterocycles. The van der Waals surface area contributed by atoms with Gasteiger partial charge in [0.1, 0.15) is 0 Å². The highest BCUT2D eigenvalue weighted by Crippen LogP contribution is 2.16. The molecule has 1 amide bonds. The molecule has 4 nitrogen and oxygen atoms in total. The number of nitrogens with one attached hydrogen (secondary N) is 1. The van der Waals surface area contributed by atoms with Gasteiger partial charge in [-0.1, -0.05) is 13.8 Å². The maximum Gasteiger partial charge on any atom is 0.241 e. The number of amides is 1. The van der Waals surface area contributed by atoms with Crippen molar-refractivity contribution in [1.82, 2.24) is 0 Å². The average Bonchev–Trinajstić information content (AvgIpc) is 2.28. The van der Waals surface area contributed by atoms with Crippen LogP contribution in [-0.4, -0.2) is 26.0 Å². The van der Waals surface area contributed by atoms with Crippen molar-refractivity contribution in [3.63, 3.8) is 0 Å². The Kier molecular flexibility index (Phi) is 10.5. The van der Waals surface area contributed by atoms with Gasteiger partial charge in [0.05, 0.1) is 6.04 Å². The van der Waals surface area contributed by atoms with Gasteiger partial charge in [-0.05, 0) is 36.6 Å². The van der Waals surface area contributed by atoms with Gasteiger partial charge in [-0.25, -0.2) is 0 Å². The van der Waals surface area contributed by atoms with Gasteiger partial charge < -0.3 is 16.0 Å². The van der Waals surface area contributed by atoms with E-state index in [1.165, 1.54) is 0 Å². The van der Waals surface area contributed by atoms with E-state index in [2.05, 4.69) is 19.2 Å². The number of carbonyl (C=O) groups is 1. The molecule has 0 fully saturated rings. The molecule has 0 aliphatic heterocycles. The molecule has 0 aliphatic carbocycles. The number of hydrogen-bond acceptors (Lipinski definition) is 3. The summed E-state index contributed by atoms with van der Waals surface area (Å²) in [6.45, 7) is 4.11. The molecule has 0 saturated carbocycles. The van der Waals surface area contributed by atoms with Gasteiger partial charge in [-0.2, -0.15) is 0 Å². The molecule has 0 spiro atoms. The molecule has 0 unspecified atom stereocenters. The van der Waals surface area contributed by atoms with Gasteiger partial charge in [0, 0.05) is 25.5 Å². The Bertz CT molecular complexity index is 394. The van der Waals surface area contributed by atoms with Crippen molar-refractivity contribution in [2.75, 3.05) is 24.3 Å². The molecule has 0 aliphatic rings. The lowest BCUT2D eigenvalue weighted by atomic mass is 10.0. The van der Waals surface area contributed by atoms with Crippen LogP contribution in [0, 0.1) is 5.92 Å². The fourth-order valence-electron chi connectivity index (χ4n) is 1.69. The summed E-state index contributed by atoms with van der Waals surface area (Å²) in [4.78, 5) is 13.8. The summed E-state index contributed by atoms with van der Waals surface area (Å²) in [5.41, 5.74) is 7.70. The summed E-state index contributed by atoms with van der Waals surface area (Å²) in [7, 11) is 3.96. The molecule has 0 saturated heterocycles. The van der Waals surface area contributed by atoms with E-state index in [1.54, 1.807) is 0 Å². The molecule has 1 atom stereocenters. The van der Waals surface area contributed by atoms with Crippen LogP contribution in [0.15, 0.2) is 24.3 Å². The smallest absolute Gasteiger partial charge is 0.241 e. The lowest BCUT2D eigenvalue weighted by molar-refractivity contribution is -0.117. The number of nitrogens with zero attached hydrogens (tertiary/aromatic N) is 1. The zero-order valence-corrected chi connectivity index (χ0v) is 14.1. The van der Waals surface area contributed by atoms with Crippen molar-refractivity contribution in [1.29, 1.82) is 0 Å². The average molecular weight is 322 g/mol. The highest BCUT2D eigenvalue weighted by Gasteiger charge is 2.14. The van der Waals surface area contributed by atoms with Crippen molar-refractivity contribution in [3.8, 4) is 0 Å². The second-order valence-corrected chi connectivity index (χ2v) is 5.17. The predicted molar refractivity (Wildman–Crippen MR) is 91.3 cm³/mol. The molecule has 3 N–H and O–H groups in total. The minimum Gasteiger partial charge on any atom is -0.378 e. The van der Waals surface area contributed by atoms with E-state index in [-0.39, 0.29) is 30.7 Å². The third kappa shape index (κ3) is 6.98. The Morgan fingerprint density at radius 1 is 1.20 bits per heavy atom. The third-order valence-electron chi connectivity index (χ3n) is 2.71. The maximum absolute atomic E-state index is 11.8. The number of halogens is 2. The minimum absolute atomic E-state index is 0. The summed E-state index contributed by atoms with van der Waals surface area (Å²) < 4.78 is 0. The van der Waals surface area contributed by atoms with Crippen LogP contribution in [0.4, 0.5) is 11.4 Å². The Morgan fingerprint density at radius 2 is 1.70 bits per heavy atom.